The number of benzene rings is 3. The lowest BCUT2D eigenvalue weighted by atomic mass is 9.76. The number of phenolic OH excluding ortho intramolecular Hbond substituents is 1. The van der Waals surface area contributed by atoms with Gasteiger partial charge in [-0.2, -0.15) is 0 Å². The van der Waals surface area contributed by atoms with Crippen LogP contribution >= 0.6 is 23.2 Å². The molecule has 2 amide bonds. The first kappa shape index (κ1) is 26.5. The largest absolute Gasteiger partial charge is 0.508 e. The van der Waals surface area contributed by atoms with E-state index in [2.05, 4.69) is 5.32 Å². The van der Waals surface area contributed by atoms with Crippen molar-refractivity contribution in [3.63, 3.8) is 0 Å². The van der Waals surface area contributed by atoms with Crippen LogP contribution in [0.3, 0.4) is 0 Å². The minimum Gasteiger partial charge on any atom is -0.508 e. The second-order valence-electron chi connectivity index (χ2n) is 10.0. The molecule has 0 spiro atoms. The molecule has 5 rings (SSSR count). The molecule has 1 aliphatic heterocycles. The summed E-state index contributed by atoms with van der Waals surface area (Å²) in [5.41, 5.74) is 2.60. The molecule has 0 unspecified atom stereocenters. The zero-order chi connectivity index (χ0) is 26.8. The smallest absolute Gasteiger partial charge is 0.255 e. The number of nitrogens with one attached hydrogen (secondary N) is 1. The third-order valence-electron chi connectivity index (χ3n) is 7.61. The monoisotopic (exact) mass is 552 g/mol. The maximum Gasteiger partial charge on any atom is 0.255 e. The molecule has 1 fully saturated rings. The van der Waals surface area contributed by atoms with Gasteiger partial charge in [-0.15, -0.1) is 0 Å². The third kappa shape index (κ3) is 5.26. The van der Waals surface area contributed by atoms with Gasteiger partial charge >= 0.3 is 0 Å². The fourth-order valence-electron chi connectivity index (χ4n) is 5.84. The summed E-state index contributed by atoms with van der Waals surface area (Å²) >= 11 is 12.9. The number of nitrogens with zero attached hydrogens (tertiary/aromatic N) is 1. The van der Waals surface area contributed by atoms with Gasteiger partial charge in [0, 0.05) is 22.2 Å². The Morgan fingerprint density at radius 3 is 2.53 bits per heavy atom. The standard InChI is InChI=1S/C30H30Cl2N2O4/c31-19-12-13-23(24(32)17-19)28-27(29(37)33-15-14-18-6-5-7-20(35)16-18)21-8-1-2-9-22(21)30(38)34(28)25-10-3-4-11-26(25)36/h1-2,5-9,12-13,16-17,25-28,35-36H,3-4,10-11,14-15H2,(H,33,37)/t25-,26-,27+,28-/m0/s1. The van der Waals surface area contributed by atoms with Crippen molar-refractivity contribution in [2.75, 3.05) is 6.54 Å². The van der Waals surface area contributed by atoms with Gasteiger partial charge in [-0.3, -0.25) is 9.59 Å². The van der Waals surface area contributed by atoms with Crippen molar-refractivity contribution in [2.24, 2.45) is 0 Å². The van der Waals surface area contributed by atoms with Crippen LogP contribution in [0.5, 0.6) is 5.75 Å². The number of carbonyl (C=O) groups is 2. The van der Waals surface area contributed by atoms with Crippen molar-refractivity contribution < 1.29 is 19.8 Å². The molecule has 1 heterocycles. The van der Waals surface area contributed by atoms with E-state index >= 15 is 0 Å². The molecule has 0 aromatic heterocycles. The van der Waals surface area contributed by atoms with Crippen LogP contribution in [0.4, 0.5) is 0 Å². The second kappa shape index (κ2) is 11.4. The van der Waals surface area contributed by atoms with E-state index < -0.39 is 24.1 Å². The van der Waals surface area contributed by atoms with E-state index in [1.807, 2.05) is 18.2 Å². The predicted octanol–water partition coefficient (Wildman–Crippen LogP) is 5.64. The Morgan fingerprint density at radius 2 is 1.76 bits per heavy atom. The third-order valence-corrected chi connectivity index (χ3v) is 8.18. The molecular weight excluding hydrogens is 523 g/mol. The van der Waals surface area contributed by atoms with Gasteiger partial charge in [-0.05, 0) is 66.3 Å². The minimum absolute atomic E-state index is 0.174. The Hall–Kier alpha value is -3.06. The molecule has 4 atom stereocenters. The van der Waals surface area contributed by atoms with Gasteiger partial charge in [0.15, 0.2) is 0 Å². The van der Waals surface area contributed by atoms with E-state index in [4.69, 9.17) is 23.2 Å². The van der Waals surface area contributed by atoms with Gasteiger partial charge in [0.1, 0.15) is 5.75 Å². The van der Waals surface area contributed by atoms with Crippen molar-refractivity contribution in [3.8, 4) is 5.75 Å². The Bertz CT molecular complexity index is 1350. The summed E-state index contributed by atoms with van der Waals surface area (Å²) in [7, 11) is 0. The molecule has 3 aromatic rings. The number of fused-ring (bicyclic) bond motifs is 1. The van der Waals surface area contributed by atoms with Gasteiger partial charge < -0.3 is 20.4 Å². The van der Waals surface area contributed by atoms with Crippen molar-refractivity contribution in [2.45, 2.75) is 56.2 Å². The van der Waals surface area contributed by atoms with Crippen molar-refractivity contribution in [3.05, 3.63) is 99.0 Å². The lowest BCUT2D eigenvalue weighted by Crippen LogP contribution is -2.55. The lowest BCUT2D eigenvalue weighted by molar-refractivity contribution is -0.125. The summed E-state index contributed by atoms with van der Waals surface area (Å²) in [6.45, 7) is 0.349. The van der Waals surface area contributed by atoms with Crippen LogP contribution < -0.4 is 5.32 Å². The Kier molecular flexibility index (Phi) is 7.93. The number of aliphatic hydroxyl groups excluding tert-OH is 1. The summed E-state index contributed by atoms with van der Waals surface area (Å²) in [6.07, 6.45) is 2.85. The number of rotatable bonds is 6. The van der Waals surface area contributed by atoms with Crippen LogP contribution in [0.2, 0.25) is 10.0 Å². The summed E-state index contributed by atoms with van der Waals surface area (Å²) < 4.78 is 0. The fourth-order valence-corrected chi connectivity index (χ4v) is 6.36. The predicted molar refractivity (Wildman–Crippen MR) is 148 cm³/mol. The first-order valence-corrected chi connectivity index (χ1v) is 13.7. The molecule has 3 aromatic carbocycles. The highest BCUT2D eigenvalue weighted by Gasteiger charge is 2.48. The molecule has 3 N–H and O–H groups in total. The molecule has 2 aliphatic rings. The highest BCUT2D eigenvalue weighted by Crippen LogP contribution is 2.47. The van der Waals surface area contributed by atoms with Crippen LogP contribution in [0.25, 0.3) is 0 Å². The molecule has 0 bridgehead atoms. The number of hydrogen-bond donors (Lipinski definition) is 3. The number of aromatic hydroxyl groups is 1. The number of aliphatic hydroxyl groups is 1. The Labute approximate surface area is 232 Å². The average Bonchev–Trinajstić information content (AvgIpc) is 2.89. The quantitative estimate of drug-likeness (QED) is 0.369. The van der Waals surface area contributed by atoms with E-state index in [0.717, 1.165) is 18.4 Å². The van der Waals surface area contributed by atoms with Crippen LogP contribution in [-0.4, -0.2) is 45.6 Å². The first-order chi connectivity index (χ1) is 18.3. The first-order valence-electron chi connectivity index (χ1n) is 13.0. The summed E-state index contributed by atoms with van der Waals surface area (Å²) in [6, 6.07) is 18.0. The van der Waals surface area contributed by atoms with Crippen LogP contribution in [0.15, 0.2) is 66.7 Å². The lowest BCUT2D eigenvalue weighted by Gasteiger charge is -2.48. The second-order valence-corrected chi connectivity index (χ2v) is 10.9. The summed E-state index contributed by atoms with van der Waals surface area (Å²) in [5.74, 6) is -1.03. The van der Waals surface area contributed by atoms with Crippen molar-refractivity contribution in [1.82, 2.24) is 10.2 Å². The topological polar surface area (TPSA) is 89.9 Å². The van der Waals surface area contributed by atoms with E-state index in [0.29, 0.717) is 52.5 Å². The van der Waals surface area contributed by atoms with Crippen molar-refractivity contribution in [1.29, 1.82) is 0 Å². The molecule has 8 heteroatoms. The number of phenols is 1. The molecule has 1 saturated carbocycles. The number of carbonyl (C=O) groups excluding carboxylic acids is 2. The maximum atomic E-state index is 14.0. The zero-order valence-corrected chi connectivity index (χ0v) is 22.3. The van der Waals surface area contributed by atoms with Gasteiger partial charge in [-0.25, -0.2) is 0 Å². The Balaban J connectivity index is 1.56. The molecule has 38 heavy (non-hydrogen) atoms. The highest BCUT2D eigenvalue weighted by atomic mass is 35.5. The van der Waals surface area contributed by atoms with E-state index in [1.165, 1.54) is 0 Å². The van der Waals surface area contributed by atoms with Gasteiger partial charge in [0.05, 0.1) is 24.1 Å². The van der Waals surface area contributed by atoms with Gasteiger partial charge in [0.2, 0.25) is 5.91 Å². The molecule has 6 nitrogen and oxygen atoms in total. The number of hydrogen-bond acceptors (Lipinski definition) is 4. The normalized spacial score (nSPS) is 23.1. The molecule has 1 aliphatic carbocycles. The number of halogens is 2. The van der Waals surface area contributed by atoms with Gasteiger partial charge in [0.25, 0.3) is 5.91 Å². The fraction of sp³-hybridized carbons (Fsp3) is 0.333. The SMILES string of the molecule is O=C(NCCc1cccc(O)c1)[C@@H]1c2ccccc2C(=O)N([C@H]2CCCC[C@@H]2O)[C@H]1c1ccc(Cl)cc1Cl. The van der Waals surface area contributed by atoms with Gasteiger partial charge in [-0.1, -0.05) is 72.4 Å². The Morgan fingerprint density at radius 1 is 0.974 bits per heavy atom. The van der Waals surface area contributed by atoms with E-state index in [9.17, 15) is 19.8 Å². The summed E-state index contributed by atoms with van der Waals surface area (Å²) in [4.78, 5) is 29.7. The maximum absolute atomic E-state index is 14.0. The average molecular weight is 553 g/mol. The van der Waals surface area contributed by atoms with E-state index in [-0.39, 0.29) is 17.6 Å². The van der Waals surface area contributed by atoms with Crippen LogP contribution in [0.1, 0.15) is 64.7 Å². The molecule has 198 valence electrons. The van der Waals surface area contributed by atoms with E-state index in [1.54, 1.807) is 53.4 Å². The zero-order valence-electron chi connectivity index (χ0n) is 20.8. The molecular formula is C30H30Cl2N2O4. The minimum atomic E-state index is -0.749. The molecule has 0 saturated heterocycles. The van der Waals surface area contributed by atoms with Crippen molar-refractivity contribution >= 4 is 35.0 Å². The highest BCUT2D eigenvalue weighted by molar-refractivity contribution is 6.35. The molecule has 0 radical (unpaired) electrons. The number of amides is 2. The van der Waals surface area contributed by atoms with Crippen LogP contribution in [-0.2, 0) is 11.2 Å². The van der Waals surface area contributed by atoms with Crippen LogP contribution in [0, 0.1) is 0 Å². The summed E-state index contributed by atoms with van der Waals surface area (Å²) in [5, 5.41) is 24.7.